The molecule has 1 fully saturated rings. The fourth-order valence-corrected chi connectivity index (χ4v) is 5.64. The summed E-state index contributed by atoms with van der Waals surface area (Å²) in [7, 11) is -4.02. The Morgan fingerprint density at radius 2 is 1.81 bits per heavy atom. The van der Waals surface area contributed by atoms with Gasteiger partial charge in [0.25, 0.3) is 0 Å². The van der Waals surface area contributed by atoms with E-state index in [0.717, 1.165) is 49.1 Å². The van der Waals surface area contributed by atoms with Crippen molar-refractivity contribution in [3.63, 3.8) is 0 Å². The summed E-state index contributed by atoms with van der Waals surface area (Å²) in [4.78, 5) is 0.772. The number of halogens is 3. The number of hydrogen-bond acceptors (Lipinski definition) is 3. The summed E-state index contributed by atoms with van der Waals surface area (Å²) in [6, 6.07) is 7.81. The third-order valence-corrected chi connectivity index (χ3v) is 7.44. The molecule has 1 saturated carbocycles. The molecule has 0 bridgehead atoms. The SMILES string of the molecule is O=S(=O)(NCC1(c2cccs2)CCCCC1)c1cccc(C(F)(F)F)c1. The molecule has 8 heteroatoms. The van der Waals surface area contributed by atoms with Crippen LogP contribution in [0, 0.1) is 0 Å². The van der Waals surface area contributed by atoms with Crippen molar-refractivity contribution >= 4 is 21.4 Å². The van der Waals surface area contributed by atoms with Gasteiger partial charge in [-0.1, -0.05) is 31.4 Å². The highest BCUT2D eigenvalue weighted by atomic mass is 32.2. The van der Waals surface area contributed by atoms with Crippen LogP contribution in [-0.2, 0) is 21.6 Å². The van der Waals surface area contributed by atoms with E-state index < -0.39 is 21.8 Å². The van der Waals surface area contributed by atoms with Crippen molar-refractivity contribution in [1.29, 1.82) is 0 Å². The van der Waals surface area contributed by atoms with Crippen LogP contribution >= 0.6 is 11.3 Å². The van der Waals surface area contributed by atoms with Crippen LogP contribution in [0.25, 0.3) is 0 Å². The average Bonchev–Trinajstić information content (AvgIpc) is 3.16. The first-order valence-electron chi connectivity index (χ1n) is 8.44. The second-order valence-electron chi connectivity index (χ2n) is 6.67. The fourth-order valence-electron chi connectivity index (χ4n) is 3.48. The third kappa shape index (κ3) is 4.13. The maximum absolute atomic E-state index is 12.9. The van der Waals surface area contributed by atoms with Crippen LogP contribution < -0.4 is 4.72 Å². The molecule has 1 aliphatic carbocycles. The van der Waals surface area contributed by atoms with Crippen LogP contribution in [-0.4, -0.2) is 15.0 Å². The number of benzene rings is 1. The zero-order chi connectivity index (χ0) is 18.8. The number of sulfonamides is 1. The van der Waals surface area contributed by atoms with Crippen LogP contribution in [0.15, 0.2) is 46.7 Å². The van der Waals surface area contributed by atoms with Crippen molar-refractivity contribution in [2.45, 2.75) is 48.6 Å². The Labute approximate surface area is 155 Å². The number of hydrogen-bond donors (Lipinski definition) is 1. The topological polar surface area (TPSA) is 46.2 Å². The summed E-state index contributed by atoms with van der Waals surface area (Å²) in [6.45, 7) is 0.200. The lowest BCUT2D eigenvalue weighted by Gasteiger charge is -2.36. The van der Waals surface area contributed by atoms with Gasteiger partial charge in [-0.15, -0.1) is 11.3 Å². The van der Waals surface area contributed by atoms with Gasteiger partial charge < -0.3 is 0 Å². The van der Waals surface area contributed by atoms with E-state index in [1.165, 1.54) is 6.07 Å². The molecule has 0 saturated heterocycles. The minimum atomic E-state index is -4.58. The van der Waals surface area contributed by atoms with E-state index in [4.69, 9.17) is 0 Å². The Morgan fingerprint density at radius 1 is 1.08 bits per heavy atom. The van der Waals surface area contributed by atoms with Gasteiger partial charge in [0.15, 0.2) is 0 Å². The van der Waals surface area contributed by atoms with E-state index in [2.05, 4.69) is 4.72 Å². The Kier molecular flexibility index (Phi) is 5.46. The first-order valence-corrected chi connectivity index (χ1v) is 10.8. The summed E-state index contributed by atoms with van der Waals surface area (Å²) in [6.07, 6.45) is 0.324. The highest BCUT2D eigenvalue weighted by Gasteiger charge is 2.36. The first kappa shape index (κ1) is 19.4. The second kappa shape index (κ2) is 7.32. The fraction of sp³-hybridized carbons (Fsp3) is 0.444. The van der Waals surface area contributed by atoms with Gasteiger partial charge in [0, 0.05) is 16.8 Å². The normalized spacial score (nSPS) is 18.0. The van der Waals surface area contributed by atoms with Gasteiger partial charge in [-0.05, 0) is 42.5 Å². The van der Waals surface area contributed by atoms with Crippen LogP contribution in [0.4, 0.5) is 13.2 Å². The molecular weight excluding hydrogens is 383 g/mol. The number of thiophene rings is 1. The predicted octanol–water partition coefficient (Wildman–Crippen LogP) is 4.95. The molecule has 0 radical (unpaired) electrons. The molecule has 0 unspecified atom stereocenters. The maximum Gasteiger partial charge on any atom is 0.416 e. The minimum absolute atomic E-state index is 0.200. The molecule has 26 heavy (non-hydrogen) atoms. The highest BCUT2D eigenvalue weighted by Crippen LogP contribution is 2.41. The zero-order valence-corrected chi connectivity index (χ0v) is 15.7. The van der Waals surface area contributed by atoms with Gasteiger partial charge in [-0.3, -0.25) is 0 Å². The molecule has 2 aromatic rings. The third-order valence-electron chi connectivity index (χ3n) is 4.93. The van der Waals surface area contributed by atoms with Gasteiger partial charge in [0.1, 0.15) is 0 Å². The molecule has 1 N–H and O–H groups in total. The van der Waals surface area contributed by atoms with Crippen molar-refractivity contribution in [3.8, 4) is 0 Å². The Hall–Kier alpha value is -1.38. The van der Waals surface area contributed by atoms with Crippen LogP contribution in [0.2, 0.25) is 0 Å². The lowest BCUT2D eigenvalue weighted by atomic mass is 9.73. The molecule has 142 valence electrons. The Balaban J connectivity index is 1.83. The monoisotopic (exact) mass is 403 g/mol. The molecule has 0 amide bonds. The molecule has 0 aliphatic heterocycles. The summed E-state index contributed by atoms with van der Waals surface area (Å²) in [5, 5.41) is 1.97. The summed E-state index contributed by atoms with van der Waals surface area (Å²) in [5.41, 5.74) is -1.24. The van der Waals surface area contributed by atoms with Crippen molar-refractivity contribution in [3.05, 3.63) is 52.2 Å². The first-order chi connectivity index (χ1) is 12.2. The summed E-state index contributed by atoms with van der Waals surface area (Å²) in [5.74, 6) is 0. The largest absolute Gasteiger partial charge is 0.416 e. The second-order valence-corrected chi connectivity index (χ2v) is 9.38. The standard InChI is InChI=1S/C18H20F3NO2S2/c19-18(20,21)14-6-4-7-15(12-14)26(23,24)22-13-17(9-2-1-3-10-17)16-8-5-11-25-16/h4-8,11-12,22H,1-3,9-10,13H2. The van der Waals surface area contributed by atoms with E-state index in [0.29, 0.717) is 6.07 Å². The van der Waals surface area contributed by atoms with Crippen molar-refractivity contribution in [2.75, 3.05) is 6.54 Å². The zero-order valence-electron chi connectivity index (χ0n) is 14.1. The molecule has 1 aliphatic rings. The summed E-state index contributed by atoms with van der Waals surface area (Å²) < 4.78 is 66.3. The van der Waals surface area contributed by atoms with Crippen molar-refractivity contribution in [2.24, 2.45) is 0 Å². The van der Waals surface area contributed by atoms with E-state index in [1.807, 2.05) is 17.5 Å². The Morgan fingerprint density at radius 3 is 2.42 bits per heavy atom. The number of nitrogens with one attached hydrogen (secondary N) is 1. The van der Waals surface area contributed by atoms with Gasteiger partial charge in [-0.2, -0.15) is 13.2 Å². The smallest absolute Gasteiger partial charge is 0.210 e. The lowest BCUT2D eigenvalue weighted by molar-refractivity contribution is -0.137. The van der Waals surface area contributed by atoms with Crippen LogP contribution in [0.5, 0.6) is 0 Å². The van der Waals surface area contributed by atoms with Crippen LogP contribution in [0.3, 0.4) is 0 Å². The van der Waals surface area contributed by atoms with Crippen molar-refractivity contribution in [1.82, 2.24) is 4.72 Å². The molecule has 3 rings (SSSR count). The van der Waals surface area contributed by atoms with E-state index >= 15 is 0 Å². The maximum atomic E-state index is 12.9. The number of rotatable bonds is 5. The van der Waals surface area contributed by atoms with E-state index in [-0.39, 0.29) is 16.9 Å². The van der Waals surface area contributed by atoms with Gasteiger partial charge in [-0.25, -0.2) is 13.1 Å². The molecule has 1 aromatic carbocycles. The van der Waals surface area contributed by atoms with E-state index in [1.54, 1.807) is 11.3 Å². The molecule has 0 spiro atoms. The van der Waals surface area contributed by atoms with Gasteiger partial charge in [0.05, 0.1) is 10.5 Å². The average molecular weight is 403 g/mol. The number of alkyl halides is 3. The Bertz CT molecular complexity index is 840. The minimum Gasteiger partial charge on any atom is -0.210 e. The highest BCUT2D eigenvalue weighted by molar-refractivity contribution is 7.89. The lowest BCUT2D eigenvalue weighted by Crippen LogP contribution is -2.41. The van der Waals surface area contributed by atoms with Gasteiger partial charge >= 0.3 is 6.18 Å². The molecule has 3 nitrogen and oxygen atoms in total. The molecular formula is C18H20F3NO2S2. The molecule has 1 heterocycles. The van der Waals surface area contributed by atoms with Crippen molar-refractivity contribution < 1.29 is 21.6 Å². The predicted molar refractivity (Wildman–Crippen MR) is 95.7 cm³/mol. The molecule has 0 atom stereocenters. The van der Waals surface area contributed by atoms with Crippen LogP contribution in [0.1, 0.15) is 42.5 Å². The van der Waals surface area contributed by atoms with Gasteiger partial charge in [0.2, 0.25) is 10.0 Å². The molecule has 1 aromatic heterocycles. The summed E-state index contributed by atoms with van der Waals surface area (Å²) >= 11 is 1.60. The van der Waals surface area contributed by atoms with E-state index in [9.17, 15) is 21.6 Å². The quantitative estimate of drug-likeness (QED) is 0.768.